The zero-order chi connectivity index (χ0) is 13.9. The molecule has 3 nitrogen and oxygen atoms in total. The molecule has 112 valence electrons. The number of furan rings is 1. The topological polar surface area (TPSA) is 28.4 Å². The molecule has 1 aliphatic carbocycles. The minimum atomic E-state index is 0.746. The van der Waals surface area contributed by atoms with E-state index in [1.807, 2.05) is 0 Å². The Labute approximate surface area is 122 Å². The van der Waals surface area contributed by atoms with Gasteiger partial charge in [0.15, 0.2) is 0 Å². The first-order valence-corrected chi connectivity index (χ1v) is 8.32. The molecular formula is C17H28N2O. The fraction of sp³-hybridized carbons (Fsp3) is 0.765. The quantitative estimate of drug-likeness (QED) is 0.860. The van der Waals surface area contributed by atoms with Crippen LogP contribution >= 0.6 is 0 Å². The van der Waals surface area contributed by atoms with Gasteiger partial charge in [0.2, 0.25) is 0 Å². The van der Waals surface area contributed by atoms with Gasteiger partial charge in [-0.05, 0) is 51.6 Å². The second-order valence-electron chi connectivity index (χ2n) is 6.48. The fourth-order valence-corrected chi connectivity index (χ4v) is 3.31. The van der Waals surface area contributed by atoms with Crippen LogP contribution in [0.2, 0.25) is 0 Å². The largest absolute Gasteiger partial charge is 0.465 e. The Bertz CT molecular complexity index is 436. The van der Waals surface area contributed by atoms with Gasteiger partial charge in [0.05, 0.1) is 6.54 Å². The first-order chi connectivity index (χ1) is 9.76. The number of piperidine rings is 1. The van der Waals surface area contributed by atoms with Gasteiger partial charge in [-0.15, -0.1) is 0 Å². The molecule has 1 aliphatic heterocycles. The van der Waals surface area contributed by atoms with Crippen LogP contribution in [-0.4, -0.2) is 23.5 Å². The maximum atomic E-state index is 5.91. The molecule has 0 spiro atoms. The van der Waals surface area contributed by atoms with Crippen LogP contribution < -0.4 is 5.32 Å². The van der Waals surface area contributed by atoms with E-state index < -0.39 is 0 Å². The molecule has 20 heavy (non-hydrogen) atoms. The van der Waals surface area contributed by atoms with Crippen LogP contribution in [0.15, 0.2) is 10.5 Å². The van der Waals surface area contributed by atoms with E-state index in [0.29, 0.717) is 0 Å². The maximum Gasteiger partial charge on any atom is 0.118 e. The number of hydrogen-bond acceptors (Lipinski definition) is 3. The highest BCUT2D eigenvalue weighted by atomic mass is 16.3. The van der Waals surface area contributed by atoms with Crippen LogP contribution in [0.5, 0.6) is 0 Å². The lowest BCUT2D eigenvalue weighted by Crippen LogP contribution is -2.38. The molecule has 1 unspecified atom stereocenters. The molecular weight excluding hydrogens is 248 g/mol. The van der Waals surface area contributed by atoms with Crippen LogP contribution in [0.3, 0.4) is 0 Å². The Balaban J connectivity index is 1.60. The molecule has 0 aromatic carbocycles. The second-order valence-corrected chi connectivity index (χ2v) is 6.48. The number of rotatable bonds is 6. The zero-order valence-corrected chi connectivity index (χ0v) is 13.0. The van der Waals surface area contributed by atoms with Gasteiger partial charge in [-0.25, -0.2) is 0 Å². The standard InChI is InChI=1S/C17H28N2O/c1-3-16-6-4-5-9-19(16)12-14-10-17(20-13(14)2)11-18-15-7-8-15/h10,15-16,18H,3-9,11-12H2,1-2H3. The normalized spacial score (nSPS) is 24.2. The van der Waals surface area contributed by atoms with E-state index in [4.69, 9.17) is 4.42 Å². The molecule has 1 N–H and O–H groups in total. The molecule has 1 saturated carbocycles. The number of hydrogen-bond donors (Lipinski definition) is 1. The van der Waals surface area contributed by atoms with Crippen LogP contribution in [0.25, 0.3) is 0 Å². The first-order valence-electron chi connectivity index (χ1n) is 8.32. The molecule has 2 aliphatic rings. The Morgan fingerprint density at radius 1 is 1.30 bits per heavy atom. The third-order valence-corrected chi connectivity index (χ3v) is 4.81. The minimum absolute atomic E-state index is 0.746. The molecule has 1 aromatic heterocycles. The first kappa shape index (κ1) is 14.2. The van der Waals surface area contributed by atoms with Crippen LogP contribution in [-0.2, 0) is 13.1 Å². The van der Waals surface area contributed by atoms with Gasteiger partial charge in [-0.2, -0.15) is 0 Å². The maximum absolute atomic E-state index is 5.91. The summed E-state index contributed by atoms with van der Waals surface area (Å²) in [6.07, 6.45) is 8.05. The highest BCUT2D eigenvalue weighted by Gasteiger charge is 2.23. The predicted octanol–water partition coefficient (Wildman–Crippen LogP) is 3.60. The Morgan fingerprint density at radius 3 is 2.90 bits per heavy atom. The number of likely N-dealkylation sites (tertiary alicyclic amines) is 1. The van der Waals surface area contributed by atoms with E-state index in [9.17, 15) is 0 Å². The highest BCUT2D eigenvalue weighted by molar-refractivity contribution is 5.21. The summed E-state index contributed by atoms with van der Waals surface area (Å²) in [5.41, 5.74) is 1.39. The van der Waals surface area contributed by atoms with Gasteiger partial charge < -0.3 is 9.73 Å². The molecule has 1 atom stereocenters. The molecule has 1 saturated heterocycles. The number of aryl methyl sites for hydroxylation is 1. The van der Waals surface area contributed by atoms with Crippen LogP contribution in [0.4, 0.5) is 0 Å². The number of nitrogens with zero attached hydrogens (tertiary/aromatic N) is 1. The molecule has 0 radical (unpaired) electrons. The summed E-state index contributed by atoms with van der Waals surface area (Å²) in [7, 11) is 0. The van der Waals surface area contributed by atoms with Crippen LogP contribution in [0, 0.1) is 6.92 Å². The monoisotopic (exact) mass is 276 g/mol. The smallest absolute Gasteiger partial charge is 0.118 e. The van der Waals surface area contributed by atoms with Gasteiger partial charge in [0.25, 0.3) is 0 Å². The van der Waals surface area contributed by atoms with Crippen LogP contribution in [0.1, 0.15) is 62.5 Å². The van der Waals surface area contributed by atoms with Crippen molar-refractivity contribution >= 4 is 0 Å². The van der Waals surface area contributed by atoms with Gasteiger partial charge >= 0.3 is 0 Å². The third kappa shape index (κ3) is 3.44. The minimum Gasteiger partial charge on any atom is -0.465 e. The van der Waals surface area contributed by atoms with E-state index in [-0.39, 0.29) is 0 Å². The van der Waals surface area contributed by atoms with Gasteiger partial charge in [-0.1, -0.05) is 13.3 Å². The molecule has 3 heteroatoms. The lowest BCUT2D eigenvalue weighted by molar-refractivity contribution is 0.135. The Hall–Kier alpha value is -0.800. The third-order valence-electron chi connectivity index (χ3n) is 4.81. The molecule has 2 heterocycles. The summed E-state index contributed by atoms with van der Waals surface area (Å²) in [5, 5.41) is 3.53. The summed E-state index contributed by atoms with van der Waals surface area (Å²) in [6, 6.07) is 3.79. The molecule has 0 amide bonds. The van der Waals surface area contributed by atoms with E-state index in [0.717, 1.165) is 36.7 Å². The van der Waals surface area contributed by atoms with Crippen molar-refractivity contribution < 1.29 is 4.42 Å². The van der Waals surface area contributed by atoms with Crippen molar-refractivity contribution in [3.05, 3.63) is 23.2 Å². The average Bonchev–Trinajstić information content (AvgIpc) is 3.23. The Kier molecular flexibility index (Phi) is 4.47. The van der Waals surface area contributed by atoms with Gasteiger partial charge in [0, 0.05) is 24.2 Å². The van der Waals surface area contributed by atoms with Crippen molar-refractivity contribution in [1.29, 1.82) is 0 Å². The second kappa shape index (κ2) is 6.31. The van der Waals surface area contributed by atoms with Crippen molar-refractivity contribution in [1.82, 2.24) is 10.2 Å². The molecule has 0 bridgehead atoms. The van der Waals surface area contributed by atoms with Crippen molar-refractivity contribution in [2.75, 3.05) is 6.54 Å². The molecule has 3 rings (SSSR count). The van der Waals surface area contributed by atoms with Crippen molar-refractivity contribution in [2.24, 2.45) is 0 Å². The summed E-state index contributed by atoms with van der Waals surface area (Å²) in [4.78, 5) is 2.65. The Morgan fingerprint density at radius 2 is 2.15 bits per heavy atom. The summed E-state index contributed by atoms with van der Waals surface area (Å²) < 4.78 is 5.91. The average molecular weight is 276 g/mol. The zero-order valence-electron chi connectivity index (χ0n) is 13.0. The summed E-state index contributed by atoms with van der Waals surface area (Å²) in [5.74, 6) is 2.22. The SMILES string of the molecule is CCC1CCCCN1Cc1cc(CNC2CC2)oc1C. The fourth-order valence-electron chi connectivity index (χ4n) is 3.31. The van der Waals surface area contributed by atoms with E-state index in [1.165, 1.54) is 50.6 Å². The van der Waals surface area contributed by atoms with Gasteiger partial charge in [-0.3, -0.25) is 4.90 Å². The molecule has 1 aromatic rings. The highest BCUT2D eigenvalue weighted by Crippen LogP contribution is 2.25. The summed E-state index contributed by atoms with van der Waals surface area (Å²) in [6.45, 7) is 7.63. The lowest BCUT2D eigenvalue weighted by Gasteiger charge is -2.35. The van der Waals surface area contributed by atoms with E-state index >= 15 is 0 Å². The lowest BCUT2D eigenvalue weighted by atomic mass is 9.99. The van der Waals surface area contributed by atoms with Crippen molar-refractivity contribution in [2.45, 2.75) is 77.5 Å². The summed E-state index contributed by atoms with van der Waals surface area (Å²) >= 11 is 0. The molecule has 2 fully saturated rings. The van der Waals surface area contributed by atoms with E-state index in [2.05, 4.69) is 30.1 Å². The van der Waals surface area contributed by atoms with E-state index in [1.54, 1.807) is 0 Å². The predicted molar refractivity (Wildman–Crippen MR) is 81.6 cm³/mol. The van der Waals surface area contributed by atoms with Gasteiger partial charge in [0.1, 0.15) is 11.5 Å². The van der Waals surface area contributed by atoms with Crippen molar-refractivity contribution in [3.8, 4) is 0 Å². The number of nitrogens with one attached hydrogen (secondary N) is 1. The van der Waals surface area contributed by atoms with Crippen molar-refractivity contribution in [3.63, 3.8) is 0 Å².